The van der Waals surface area contributed by atoms with E-state index >= 15 is 0 Å². The maximum Gasteiger partial charge on any atom is 0.238 e. The molecule has 0 spiro atoms. The summed E-state index contributed by atoms with van der Waals surface area (Å²) in [5, 5.41) is 0. The van der Waals surface area contributed by atoms with Crippen molar-refractivity contribution in [3.05, 3.63) is 39.4 Å². The van der Waals surface area contributed by atoms with Gasteiger partial charge >= 0.3 is 0 Å². The minimum atomic E-state index is -0.130. The molecule has 120 valence electrons. The van der Waals surface area contributed by atoms with Crippen LogP contribution in [0.15, 0.2) is 33.8 Å². The van der Waals surface area contributed by atoms with E-state index in [2.05, 4.69) is 29.8 Å². The lowest BCUT2D eigenvalue weighted by atomic mass is 9.81. The number of imide groups is 1. The van der Waals surface area contributed by atoms with Crippen LogP contribution in [0.1, 0.15) is 32.3 Å². The van der Waals surface area contributed by atoms with Gasteiger partial charge in [0.2, 0.25) is 11.8 Å². The first-order valence-corrected chi connectivity index (χ1v) is 9.02. The number of carbonyl (C=O) groups is 2. The Kier molecular flexibility index (Phi) is 3.31. The molecule has 4 rings (SSSR count). The average Bonchev–Trinajstić information content (AvgIpc) is 3.13. The topological polar surface area (TPSA) is 37.4 Å². The third kappa shape index (κ3) is 1.94. The van der Waals surface area contributed by atoms with Gasteiger partial charge in [-0.2, -0.15) is 0 Å². The van der Waals surface area contributed by atoms with Crippen molar-refractivity contribution in [3.63, 3.8) is 0 Å². The molecule has 0 aromatic heterocycles. The summed E-state index contributed by atoms with van der Waals surface area (Å²) in [5.41, 5.74) is 4.45. The van der Waals surface area contributed by atoms with Crippen molar-refractivity contribution in [1.82, 2.24) is 0 Å². The van der Waals surface area contributed by atoms with Crippen LogP contribution in [0.2, 0.25) is 0 Å². The lowest BCUT2D eigenvalue weighted by molar-refractivity contribution is -0.123. The number of fused-ring (bicyclic) bond motifs is 5. The first kappa shape index (κ1) is 15.1. The average molecular weight is 374 g/mol. The van der Waals surface area contributed by atoms with Gasteiger partial charge in [0, 0.05) is 4.47 Å². The second-order valence-electron chi connectivity index (χ2n) is 7.24. The molecule has 2 aliphatic carbocycles. The molecule has 1 aromatic carbocycles. The maximum atomic E-state index is 13.0. The quantitative estimate of drug-likeness (QED) is 0.545. The van der Waals surface area contributed by atoms with Crippen LogP contribution in [0.5, 0.6) is 0 Å². The summed E-state index contributed by atoms with van der Waals surface area (Å²) in [6.45, 7) is 6.21. The third-order valence-corrected chi connectivity index (χ3v) is 6.72. The first-order chi connectivity index (χ1) is 10.9. The van der Waals surface area contributed by atoms with Crippen molar-refractivity contribution >= 4 is 33.4 Å². The number of nitrogens with zero attached hydrogens (tertiary/aromatic N) is 1. The molecule has 3 fully saturated rings. The van der Waals surface area contributed by atoms with E-state index in [1.165, 1.54) is 16.0 Å². The fourth-order valence-electron chi connectivity index (χ4n) is 5.01. The van der Waals surface area contributed by atoms with E-state index in [-0.39, 0.29) is 35.5 Å². The summed E-state index contributed by atoms with van der Waals surface area (Å²) in [7, 11) is 0. The predicted molar refractivity (Wildman–Crippen MR) is 92.9 cm³/mol. The van der Waals surface area contributed by atoms with E-state index in [4.69, 9.17) is 0 Å². The predicted octanol–water partition coefficient (Wildman–Crippen LogP) is 4.24. The highest BCUT2D eigenvalue weighted by atomic mass is 79.9. The van der Waals surface area contributed by atoms with Crippen LogP contribution in [0.4, 0.5) is 5.69 Å². The highest BCUT2D eigenvalue weighted by Gasteiger charge is 2.63. The summed E-state index contributed by atoms with van der Waals surface area (Å²) in [6.07, 6.45) is 2.11. The smallest absolute Gasteiger partial charge is 0.238 e. The van der Waals surface area contributed by atoms with Crippen molar-refractivity contribution in [2.75, 3.05) is 4.90 Å². The zero-order valence-electron chi connectivity index (χ0n) is 13.6. The molecule has 1 aromatic rings. The lowest BCUT2D eigenvalue weighted by Gasteiger charge is -2.19. The molecule has 0 radical (unpaired) electrons. The normalized spacial score (nSPS) is 32.0. The molecule has 2 saturated carbocycles. The van der Waals surface area contributed by atoms with Crippen molar-refractivity contribution in [2.24, 2.45) is 23.7 Å². The van der Waals surface area contributed by atoms with Crippen LogP contribution in [0, 0.1) is 30.6 Å². The molecule has 3 nitrogen and oxygen atoms in total. The Bertz CT molecular complexity index is 731. The Labute approximate surface area is 144 Å². The number of anilines is 1. The SMILES string of the molecule is CC(C)=C1C2CCC1[C@@H]1C(=O)N(c3ccc(Br)c(C)c3)C(=O)[C@H]21. The Morgan fingerprint density at radius 1 is 1.09 bits per heavy atom. The Balaban J connectivity index is 1.76. The van der Waals surface area contributed by atoms with Crippen molar-refractivity contribution in [1.29, 1.82) is 0 Å². The van der Waals surface area contributed by atoms with Crippen molar-refractivity contribution in [2.45, 2.75) is 33.6 Å². The molecule has 2 bridgehead atoms. The molecule has 4 heteroatoms. The fraction of sp³-hybridized carbons (Fsp3) is 0.474. The molecule has 2 amide bonds. The fourth-order valence-corrected chi connectivity index (χ4v) is 5.26. The van der Waals surface area contributed by atoms with E-state index in [0.717, 1.165) is 22.9 Å². The minimum absolute atomic E-state index is 0.00710. The number of rotatable bonds is 1. The number of allylic oxidation sites excluding steroid dienone is 2. The number of aryl methyl sites for hydroxylation is 1. The molecule has 1 saturated heterocycles. The molecule has 0 N–H and O–H groups in total. The van der Waals surface area contributed by atoms with Gasteiger partial charge in [0.05, 0.1) is 17.5 Å². The summed E-state index contributed by atoms with van der Waals surface area (Å²) in [6, 6.07) is 5.69. The number of carbonyl (C=O) groups excluding carboxylic acids is 2. The minimum Gasteiger partial charge on any atom is -0.274 e. The molecule has 3 aliphatic rings. The zero-order chi connectivity index (χ0) is 16.5. The summed E-state index contributed by atoms with van der Waals surface area (Å²) in [5.74, 6) is 0.326. The van der Waals surface area contributed by atoms with E-state index in [0.29, 0.717) is 5.69 Å². The third-order valence-electron chi connectivity index (χ3n) is 5.83. The van der Waals surface area contributed by atoms with Crippen LogP contribution in [0.25, 0.3) is 0 Å². The van der Waals surface area contributed by atoms with Crippen LogP contribution in [-0.4, -0.2) is 11.8 Å². The standard InChI is InChI=1S/C19H20BrNO2/c1-9(2)15-12-5-6-13(15)17-16(12)18(22)21(19(17)23)11-4-7-14(20)10(3)8-11/h4,7-8,12-13,16-17H,5-6H2,1-3H3/t12?,13?,16-,17+. The van der Waals surface area contributed by atoms with Crippen LogP contribution in [0.3, 0.4) is 0 Å². The highest BCUT2D eigenvalue weighted by Crippen LogP contribution is 2.60. The maximum absolute atomic E-state index is 13.0. The van der Waals surface area contributed by atoms with Gasteiger partial charge in [-0.25, -0.2) is 0 Å². The summed E-state index contributed by atoms with van der Waals surface area (Å²) in [4.78, 5) is 27.5. The Morgan fingerprint density at radius 2 is 1.65 bits per heavy atom. The lowest BCUT2D eigenvalue weighted by Crippen LogP contribution is -2.33. The zero-order valence-corrected chi connectivity index (χ0v) is 15.2. The van der Waals surface area contributed by atoms with Gasteiger partial charge in [-0.05, 0) is 69.2 Å². The summed E-state index contributed by atoms with van der Waals surface area (Å²) < 4.78 is 0.993. The number of hydrogen-bond donors (Lipinski definition) is 0. The molecule has 1 aliphatic heterocycles. The van der Waals surface area contributed by atoms with E-state index in [9.17, 15) is 9.59 Å². The van der Waals surface area contributed by atoms with E-state index < -0.39 is 0 Å². The molecule has 23 heavy (non-hydrogen) atoms. The van der Waals surface area contributed by atoms with Gasteiger partial charge in [-0.1, -0.05) is 27.1 Å². The molecular formula is C19H20BrNO2. The number of hydrogen-bond acceptors (Lipinski definition) is 2. The van der Waals surface area contributed by atoms with Crippen LogP contribution < -0.4 is 4.90 Å². The molecular weight excluding hydrogens is 354 g/mol. The second-order valence-corrected chi connectivity index (χ2v) is 8.10. The van der Waals surface area contributed by atoms with Gasteiger partial charge < -0.3 is 0 Å². The second kappa shape index (κ2) is 5.04. The van der Waals surface area contributed by atoms with Gasteiger partial charge in [-0.3, -0.25) is 14.5 Å². The van der Waals surface area contributed by atoms with Gasteiger partial charge in [-0.15, -0.1) is 0 Å². The monoisotopic (exact) mass is 373 g/mol. The first-order valence-electron chi connectivity index (χ1n) is 8.23. The largest absolute Gasteiger partial charge is 0.274 e. The van der Waals surface area contributed by atoms with E-state index in [1.54, 1.807) is 0 Å². The van der Waals surface area contributed by atoms with Crippen molar-refractivity contribution in [3.8, 4) is 0 Å². The number of benzene rings is 1. The number of halogens is 1. The number of amides is 2. The molecule has 1 heterocycles. The van der Waals surface area contributed by atoms with Crippen LogP contribution >= 0.6 is 15.9 Å². The van der Waals surface area contributed by atoms with Gasteiger partial charge in [0.15, 0.2) is 0 Å². The summed E-state index contributed by atoms with van der Waals surface area (Å²) >= 11 is 3.48. The van der Waals surface area contributed by atoms with Gasteiger partial charge in [0.25, 0.3) is 0 Å². The Hall–Kier alpha value is -1.42. The van der Waals surface area contributed by atoms with E-state index in [1.807, 2.05) is 25.1 Å². The van der Waals surface area contributed by atoms with Crippen LogP contribution in [-0.2, 0) is 9.59 Å². The Morgan fingerprint density at radius 3 is 2.13 bits per heavy atom. The molecule has 4 atom stereocenters. The molecule has 2 unspecified atom stereocenters. The van der Waals surface area contributed by atoms with Gasteiger partial charge in [0.1, 0.15) is 0 Å². The van der Waals surface area contributed by atoms with Crippen molar-refractivity contribution < 1.29 is 9.59 Å². The highest BCUT2D eigenvalue weighted by molar-refractivity contribution is 9.10.